The number of esters is 1. The van der Waals surface area contributed by atoms with Gasteiger partial charge in [0.2, 0.25) is 17.7 Å². The molecule has 0 aromatic heterocycles. The number of nitrogens with one attached hydrogen (secondary N) is 4. The molecule has 2 bridgehead atoms. The highest BCUT2D eigenvalue weighted by Gasteiger charge is 2.33. The lowest BCUT2D eigenvalue weighted by atomic mass is 9.96. The molecule has 1 aromatic carbocycles. The fourth-order valence-electron chi connectivity index (χ4n) is 4.77. The van der Waals surface area contributed by atoms with Crippen LogP contribution >= 0.6 is 21.6 Å². The van der Waals surface area contributed by atoms with Crippen molar-refractivity contribution in [3.8, 4) is 0 Å². The molecule has 2 aliphatic rings. The maximum atomic E-state index is 13.5. The molecule has 5 atom stereocenters. The number of hydrogen-bond acceptors (Lipinski definition) is 10. The van der Waals surface area contributed by atoms with Crippen LogP contribution in [0, 0.1) is 5.92 Å². The average molecular weight is 665 g/mol. The number of benzene rings is 1. The Labute approximate surface area is 272 Å². The molecule has 1 aromatic rings. The quantitative estimate of drug-likeness (QED) is 0.120. The van der Waals surface area contributed by atoms with Crippen LogP contribution in [0.25, 0.3) is 0 Å². The van der Waals surface area contributed by atoms with E-state index in [1.165, 1.54) is 21.6 Å². The highest BCUT2D eigenvalue weighted by molar-refractivity contribution is 8.76. The molecule has 14 heteroatoms. The van der Waals surface area contributed by atoms with Gasteiger partial charge in [-0.25, -0.2) is 4.79 Å². The predicted molar refractivity (Wildman–Crippen MR) is 173 cm³/mol. The SMILES string of the molecule is CC(C)[C@H]1NC(=O)[C@H]2CSSCC/C=C/[C@H](CC(=O)N[C@H](CCCCNC(=O)OCc3ccccc3)C(=O)N2)OC(=O)C[C@@H]1O. The molecule has 12 nitrogen and oxygen atoms in total. The van der Waals surface area contributed by atoms with Crippen molar-refractivity contribution in [2.45, 2.75) is 89.3 Å². The summed E-state index contributed by atoms with van der Waals surface area (Å²) in [4.78, 5) is 64.9. The van der Waals surface area contributed by atoms with Crippen LogP contribution in [0.2, 0.25) is 0 Å². The molecule has 0 unspecified atom stereocenters. The topological polar surface area (TPSA) is 172 Å². The Morgan fingerprint density at radius 1 is 1.04 bits per heavy atom. The van der Waals surface area contributed by atoms with Gasteiger partial charge in [0.25, 0.3) is 0 Å². The van der Waals surface area contributed by atoms with Crippen molar-refractivity contribution >= 4 is 51.4 Å². The van der Waals surface area contributed by atoms with Gasteiger partial charge in [-0.1, -0.05) is 71.8 Å². The number of carbonyl (C=O) groups is 5. The molecule has 248 valence electrons. The Morgan fingerprint density at radius 2 is 1.82 bits per heavy atom. The van der Waals surface area contributed by atoms with Gasteiger partial charge in [0, 0.05) is 18.1 Å². The van der Waals surface area contributed by atoms with E-state index in [4.69, 9.17) is 9.47 Å². The fraction of sp³-hybridized carbons (Fsp3) is 0.581. The zero-order valence-electron chi connectivity index (χ0n) is 25.7. The first-order chi connectivity index (χ1) is 21.6. The van der Waals surface area contributed by atoms with Crippen molar-refractivity contribution < 1.29 is 38.6 Å². The standard InChI is InChI=1S/C31H44N4O8S2/c1-20(2)28-25(36)17-27(38)43-22-12-7-9-15-44-45-19-24(30(40)35-28)34-29(39)23(33-26(37)16-22)13-6-8-14-32-31(41)42-18-21-10-4-3-5-11-21/h3-5,7,10-12,20,22-25,28,36H,6,8-9,13-19H2,1-2H3,(H,32,41)(H,33,37)(H,34,39)(H,35,40)/b12-7+/t22-,23-,24-,25+,28-/m1/s1. The molecule has 1 fully saturated rings. The van der Waals surface area contributed by atoms with Crippen LogP contribution in [0.4, 0.5) is 4.79 Å². The second-order valence-corrected chi connectivity index (χ2v) is 13.9. The first-order valence-corrected chi connectivity index (χ1v) is 17.7. The predicted octanol–water partition coefficient (Wildman–Crippen LogP) is 2.60. The zero-order chi connectivity index (χ0) is 32.6. The van der Waals surface area contributed by atoms with E-state index in [0.717, 1.165) is 5.56 Å². The number of fused-ring (bicyclic) bond motifs is 7. The van der Waals surface area contributed by atoms with Gasteiger partial charge in [0.05, 0.1) is 25.0 Å². The van der Waals surface area contributed by atoms with Crippen LogP contribution in [-0.2, 0) is 35.3 Å². The first-order valence-electron chi connectivity index (χ1n) is 15.3. The number of aliphatic hydroxyl groups excluding tert-OH is 1. The molecule has 2 aliphatic heterocycles. The van der Waals surface area contributed by atoms with E-state index < -0.39 is 60.1 Å². The number of aliphatic hydroxyl groups is 1. The molecule has 0 radical (unpaired) electrons. The first kappa shape index (κ1) is 36.2. The highest BCUT2D eigenvalue weighted by Crippen LogP contribution is 2.24. The lowest BCUT2D eigenvalue weighted by molar-refractivity contribution is -0.151. The Morgan fingerprint density at radius 3 is 2.58 bits per heavy atom. The fourth-order valence-corrected chi connectivity index (χ4v) is 6.93. The average Bonchev–Trinajstić information content (AvgIpc) is 3.00. The number of amides is 4. The van der Waals surface area contributed by atoms with Gasteiger partial charge in [-0.05, 0) is 43.2 Å². The molecule has 5 N–H and O–H groups in total. The summed E-state index contributed by atoms with van der Waals surface area (Å²) in [6.07, 6.45) is 2.09. The van der Waals surface area contributed by atoms with E-state index in [0.29, 0.717) is 31.6 Å². The summed E-state index contributed by atoms with van der Waals surface area (Å²) in [5.41, 5.74) is 0.868. The third kappa shape index (κ3) is 13.3. The van der Waals surface area contributed by atoms with Crippen molar-refractivity contribution in [1.82, 2.24) is 21.3 Å². The second-order valence-electron chi connectivity index (χ2n) is 11.3. The maximum Gasteiger partial charge on any atom is 0.407 e. The summed E-state index contributed by atoms with van der Waals surface area (Å²) >= 11 is 0. The van der Waals surface area contributed by atoms with Gasteiger partial charge in [-0.3, -0.25) is 19.2 Å². The molecule has 3 rings (SSSR count). The van der Waals surface area contributed by atoms with Gasteiger partial charge < -0.3 is 35.8 Å². The lowest BCUT2D eigenvalue weighted by Gasteiger charge is -2.29. The van der Waals surface area contributed by atoms with Crippen molar-refractivity contribution in [2.24, 2.45) is 5.92 Å². The van der Waals surface area contributed by atoms with Crippen molar-refractivity contribution in [1.29, 1.82) is 0 Å². The number of alkyl carbamates (subject to hydrolysis) is 1. The summed E-state index contributed by atoms with van der Waals surface area (Å²) in [5.74, 6) is -1.48. The molecule has 2 heterocycles. The monoisotopic (exact) mass is 664 g/mol. The minimum Gasteiger partial charge on any atom is -0.457 e. The third-order valence-electron chi connectivity index (χ3n) is 7.21. The Bertz CT molecular complexity index is 1170. The molecule has 4 amide bonds. The van der Waals surface area contributed by atoms with Gasteiger partial charge >= 0.3 is 12.1 Å². The van der Waals surface area contributed by atoms with E-state index in [1.54, 1.807) is 6.08 Å². The van der Waals surface area contributed by atoms with Crippen LogP contribution in [0.5, 0.6) is 0 Å². The van der Waals surface area contributed by atoms with Crippen molar-refractivity contribution in [3.05, 3.63) is 48.0 Å². The minimum atomic E-state index is -1.23. The number of allylic oxidation sites excluding steroid dienone is 1. The molecule has 0 saturated carbocycles. The number of ether oxygens (including phenoxy) is 2. The Kier molecular flexibility index (Phi) is 15.6. The summed E-state index contributed by atoms with van der Waals surface area (Å²) in [6, 6.07) is 6.61. The number of unbranched alkanes of at least 4 members (excludes halogenated alkanes) is 1. The number of carbonyl (C=O) groups excluding carboxylic acids is 5. The molecular weight excluding hydrogens is 620 g/mol. The number of rotatable bonds is 8. The Balaban J connectivity index is 1.70. The summed E-state index contributed by atoms with van der Waals surface area (Å²) in [7, 11) is 2.98. The van der Waals surface area contributed by atoms with Crippen LogP contribution < -0.4 is 21.3 Å². The normalized spacial score (nSPS) is 26.2. The van der Waals surface area contributed by atoms with E-state index in [9.17, 15) is 29.1 Å². The van der Waals surface area contributed by atoms with Gasteiger partial charge in [-0.2, -0.15) is 0 Å². The van der Waals surface area contributed by atoms with Gasteiger partial charge in [0.1, 0.15) is 24.8 Å². The molecule has 0 spiro atoms. The van der Waals surface area contributed by atoms with Crippen LogP contribution in [0.1, 0.15) is 57.9 Å². The second kappa shape index (κ2) is 19.3. The third-order valence-corrected chi connectivity index (χ3v) is 9.66. The maximum absolute atomic E-state index is 13.5. The largest absolute Gasteiger partial charge is 0.457 e. The van der Waals surface area contributed by atoms with Crippen molar-refractivity contribution in [2.75, 3.05) is 18.1 Å². The van der Waals surface area contributed by atoms with Crippen molar-refractivity contribution in [3.63, 3.8) is 0 Å². The van der Waals surface area contributed by atoms with E-state index in [2.05, 4.69) is 21.3 Å². The minimum absolute atomic E-state index is 0.148. The highest BCUT2D eigenvalue weighted by atomic mass is 33.1. The van der Waals surface area contributed by atoms with Gasteiger partial charge in [0.15, 0.2) is 0 Å². The van der Waals surface area contributed by atoms with E-state index in [-0.39, 0.29) is 37.5 Å². The lowest BCUT2D eigenvalue weighted by Crippen LogP contribution is -2.57. The van der Waals surface area contributed by atoms with E-state index >= 15 is 0 Å². The summed E-state index contributed by atoms with van der Waals surface area (Å²) < 4.78 is 10.8. The number of hydrogen-bond donors (Lipinski definition) is 5. The Hall–Kier alpha value is -3.23. The molecule has 45 heavy (non-hydrogen) atoms. The summed E-state index contributed by atoms with van der Waals surface area (Å²) in [6.45, 7) is 4.07. The van der Waals surface area contributed by atoms with Gasteiger partial charge in [-0.15, -0.1) is 0 Å². The van der Waals surface area contributed by atoms with Crippen LogP contribution in [-0.4, -0.2) is 83.3 Å². The van der Waals surface area contributed by atoms with Crippen LogP contribution in [0.3, 0.4) is 0 Å². The zero-order valence-corrected chi connectivity index (χ0v) is 27.3. The molecule has 0 aliphatic carbocycles. The molecule has 1 saturated heterocycles. The van der Waals surface area contributed by atoms with E-state index in [1.807, 2.05) is 50.3 Å². The molecular formula is C31H44N4O8S2. The smallest absolute Gasteiger partial charge is 0.407 e. The summed E-state index contributed by atoms with van der Waals surface area (Å²) in [5, 5.41) is 21.9. The van der Waals surface area contributed by atoms with Crippen LogP contribution in [0.15, 0.2) is 42.5 Å².